The molecule has 3 N–H and O–H groups in total. The van der Waals surface area contributed by atoms with Crippen molar-refractivity contribution >= 4 is 5.91 Å². The van der Waals surface area contributed by atoms with Crippen molar-refractivity contribution in [3.8, 4) is 0 Å². The second kappa shape index (κ2) is 3.90. The average molecular weight is 170 g/mol. The van der Waals surface area contributed by atoms with Crippen molar-refractivity contribution in [3.63, 3.8) is 0 Å². The number of hydrogen-bond donors (Lipinski definition) is 2. The standard InChI is InChI=1S/C9H18N2O/c1-6-4-3-5-7(8(6)10)9(12)11-2/h6-8H,3-5,10H2,1-2H3,(H,11,12). The molecule has 0 saturated heterocycles. The lowest BCUT2D eigenvalue weighted by Crippen LogP contribution is -2.46. The van der Waals surface area contributed by atoms with Crippen LogP contribution in [0.25, 0.3) is 0 Å². The fourth-order valence-corrected chi connectivity index (χ4v) is 1.93. The normalized spacial score (nSPS) is 36.1. The van der Waals surface area contributed by atoms with Gasteiger partial charge in [-0.2, -0.15) is 0 Å². The van der Waals surface area contributed by atoms with Crippen LogP contribution in [0.1, 0.15) is 26.2 Å². The van der Waals surface area contributed by atoms with Gasteiger partial charge < -0.3 is 11.1 Å². The van der Waals surface area contributed by atoms with Crippen molar-refractivity contribution in [2.24, 2.45) is 17.6 Å². The monoisotopic (exact) mass is 170 g/mol. The van der Waals surface area contributed by atoms with Crippen molar-refractivity contribution < 1.29 is 4.79 Å². The van der Waals surface area contributed by atoms with Crippen LogP contribution < -0.4 is 11.1 Å². The zero-order valence-electron chi connectivity index (χ0n) is 7.84. The van der Waals surface area contributed by atoms with E-state index in [-0.39, 0.29) is 17.9 Å². The lowest BCUT2D eigenvalue weighted by atomic mass is 9.78. The number of carbonyl (C=O) groups is 1. The highest BCUT2D eigenvalue weighted by atomic mass is 16.1. The van der Waals surface area contributed by atoms with Crippen molar-refractivity contribution in [1.29, 1.82) is 0 Å². The van der Waals surface area contributed by atoms with E-state index in [9.17, 15) is 4.79 Å². The molecule has 12 heavy (non-hydrogen) atoms. The smallest absolute Gasteiger partial charge is 0.224 e. The fraction of sp³-hybridized carbons (Fsp3) is 0.889. The van der Waals surface area contributed by atoms with E-state index in [1.807, 2.05) is 0 Å². The lowest BCUT2D eigenvalue weighted by Gasteiger charge is -2.32. The lowest BCUT2D eigenvalue weighted by molar-refractivity contribution is -0.126. The summed E-state index contributed by atoms with van der Waals surface area (Å²) in [6, 6.07) is 0.0544. The quantitative estimate of drug-likeness (QED) is 0.602. The van der Waals surface area contributed by atoms with E-state index >= 15 is 0 Å². The summed E-state index contributed by atoms with van der Waals surface area (Å²) >= 11 is 0. The van der Waals surface area contributed by atoms with Gasteiger partial charge in [0, 0.05) is 13.1 Å². The number of hydrogen-bond acceptors (Lipinski definition) is 2. The molecule has 1 fully saturated rings. The molecule has 3 nitrogen and oxygen atoms in total. The Morgan fingerprint density at radius 3 is 2.75 bits per heavy atom. The summed E-state index contributed by atoms with van der Waals surface area (Å²) in [6.45, 7) is 2.12. The summed E-state index contributed by atoms with van der Waals surface area (Å²) in [4.78, 5) is 11.3. The summed E-state index contributed by atoms with van der Waals surface area (Å²) in [6.07, 6.45) is 3.24. The summed E-state index contributed by atoms with van der Waals surface area (Å²) < 4.78 is 0. The molecular weight excluding hydrogens is 152 g/mol. The van der Waals surface area contributed by atoms with Crippen LogP contribution in [0.3, 0.4) is 0 Å². The maximum absolute atomic E-state index is 11.3. The highest BCUT2D eigenvalue weighted by Crippen LogP contribution is 2.27. The van der Waals surface area contributed by atoms with Crippen LogP contribution in [0.2, 0.25) is 0 Å². The van der Waals surface area contributed by atoms with E-state index < -0.39 is 0 Å². The first-order valence-electron chi connectivity index (χ1n) is 4.64. The van der Waals surface area contributed by atoms with Crippen molar-refractivity contribution in [3.05, 3.63) is 0 Å². The molecule has 0 aromatic rings. The fourth-order valence-electron chi connectivity index (χ4n) is 1.93. The van der Waals surface area contributed by atoms with Gasteiger partial charge in [-0.05, 0) is 18.8 Å². The second-order valence-electron chi connectivity index (χ2n) is 3.71. The average Bonchev–Trinajstić information content (AvgIpc) is 2.08. The van der Waals surface area contributed by atoms with Gasteiger partial charge in [0.2, 0.25) is 5.91 Å². The minimum atomic E-state index is 0.0405. The van der Waals surface area contributed by atoms with Crippen LogP contribution in [0.5, 0.6) is 0 Å². The van der Waals surface area contributed by atoms with E-state index in [0.717, 1.165) is 19.3 Å². The Morgan fingerprint density at radius 1 is 1.50 bits per heavy atom. The summed E-state index contributed by atoms with van der Waals surface area (Å²) in [5.41, 5.74) is 5.94. The molecule has 0 aromatic heterocycles. The number of rotatable bonds is 1. The number of nitrogens with one attached hydrogen (secondary N) is 1. The van der Waals surface area contributed by atoms with Crippen LogP contribution in [-0.2, 0) is 4.79 Å². The number of carbonyl (C=O) groups excluding carboxylic acids is 1. The van der Waals surface area contributed by atoms with E-state index in [1.54, 1.807) is 7.05 Å². The van der Waals surface area contributed by atoms with Crippen molar-refractivity contribution in [2.75, 3.05) is 7.05 Å². The molecule has 1 aliphatic rings. The van der Waals surface area contributed by atoms with Crippen molar-refractivity contribution in [1.82, 2.24) is 5.32 Å². The molecule has 1 amide bonds. The van der Waals surface area contributed by atoms with Gasteiger partial charge in [-0.1, -0.05) is 13.3 Å². The first-order valence-corrected chi connectivity index (χ1v) is 4.64. The van der Waals surface area contributed by atoms with E-state index in [4.69, 9.17) is 5.73 Å². The third-order valence-corrected chi connectivity index (χ3v) is 2.88. The largest absolute Gasteiger partial charge is 0.359 e. The third kappa shape index (κ3) is 1.78. The molecule has 0 aliphatic heterocycles. The zero-order chi connectivity index (χ0) is 9.14. The SMILES string of the molecule is CNC(=O)C1CCCC(C)C1N. The van der Waals surface area contributed by atoms with Gasteiger partial charge in [0.25, 0.3) is 0 Å². The zero-order valence-corrected chi connectivity index (χ0v) is 7.84. The summed E-state index contributed by atoms with van der Waals surface area (Å²) in [5.74, 6) is 0.633. The molecule has 3 unspecified atom stereocenters. The number of amides is 1. The van der Waals surface area contributed by atoms with Crippen LogP contribution in [0, 0.1) is 11.8 Å². The van der Waals surface area contributed by atoms with Gasteiger partial charge >= 0.3 is 0 Å². The van der Waals surface area contributed by atoms with Gasteiger partial charge in [-0.25, -0.2) is 0 Å². The van der Waals surface area contributed by atoms with Crippen molar-refractivity contribution in [2.45, 2.75) is 32.2 Å². The summed E-state index contributed by atoms with van der Waals surface area (Å²) in [7, 11) is 1.67. The third-order valence-electron chi connectivity index (χ3n) is 2.88. The summed E-state index contributed by atoms with van der Waals surface area (Å²) in [5, 5.41) is 2.67. The molecule has 70 valence electrons. The molecule has 1 saturated carbocycles. The molecule has 0 spiro atoms. The Bertz CT molecular complexity index is 170. The van der Waals surface area contributed by atoms with Gasteiger partial charge in [-0.3, -0.25) is 4.79 Å². The maximum atomic E-state index is 11.3. The van der Waals surface area contributed by atoms with Gasteiger partial charge in [-0.15, -0.1) is 0 Å². The Morgan fingerprint density at radius 2 is 2.17 bits per heavy atom. The first-order chi connectivity index (χ1) is 5.66. The molecule has 3 heteroatoms. The Balaban J connectivity index is 2.57. The van der Waals surface area contributed by atoms with Crippen LogP contribution in [0.4, 0.5) is 0 Å². The Labute approximate surface area is 73.7 Å². The van der Waals surface area contributed by atoms with Gasteiger partial charge in [0.05, 0.1) is 5.92 Å². The molecule has 0 heterocycles. The minimum Gasteiger partial charge on any atom is -0.359 e. The predicted octanol–water partition coefficient (Wildman–Crippen LogP) is 0.496. The van der Waals surface area contributed by atoms with E-state index in [2.05, 4.69) is 12.2 Å². The number of nitrogens with two attached hydrogens (primary N) is 1. The molecule has 1 aliphatic carbocycles. The molecule has 1 rings (SSSR count). The predicted molar refractivity (Wildman–Crippen MR) is 48.5 cm³/mol. The molecule has 0 radical (unpaired) electrons. The topological polar surface area (TPSA) is 55.1 Å². The first kappa shape index (κ1) is 9.52. The molecule has 0 aromatic carbocycles. The maximum Gasteiger partial charge on any atom is 0.224 e. The minimum absolute atomic E-state index is 0.0405. The highest BCUT2D eigenvalue weighted by Gasteiger charge is 2.31. The molecule has 3 atom stereocenters. The van der Waals surface area contributed by atoms with Crippen LogP contribution >= 0.6 is 0 Å². The van der Waals surface area contributed by atoms with Crippen LogP contribution in [-0.4, -0.2) is 19.0 Å². The highest BCUT2D eigenvalue weighted by molar-refractivity contribution is 5.79. The van der Waals surface area contributed by atoms with Crippen LogP contribution in [0.15, 0.2) is 0 Å². The van der Waals surface area contributed by atoms with Gasteiger partial charge in [0.1, 0.15) is 0 Å². The Hall–Kier alpha value is -0.570. The van der Waals surface area contributed by atoms with E-state index in [0.29, 0.717) is 5.92 Å². The molecule has 0 bridgehead atoms. The van der Waals surface area contributed by atoms with E-state index in [1.165, 1.54) is 0 Å². The molecular formula is C9H18N2O. The second-order valence-corrected chi connectivity index (χ2v) is 3.71. The Kier molecular flexibility index (Phi) is 3.09. The van der Waals surface area contributed by atoms with Gasteiger partial charge in [0.15, 0.2) is 0 Å².